The fourth-order valence-electron chi connectivity index (χ4n) is 17.2. The van der Waals surface area contributed by atoms with E-state index in [-0.39, 0.29) is 55.0 Å². The summed E-state index contributed by atoms with van der Waals surface area (Å²) >= 11 is 0. The van der Waals surface area contributed by atoms with Crippen molar-refractivity contribution in [3.05, 3.63) is 42.2 Å². The quantitative estimate of drug-likeness (QED) is 0.0152. The van der Waals surface area contributed by atoms with Gasteiger partial charge in [-0.3, -0.25) is 38.4 Å². The number of aryl methyl sites for hydroxylation is 1. The number of aromatic amines is 1. The van der Waals surface area contributed by atoms with Gasteiger partial charge in [0.2, 0.25) is 5.69 Å². The Labute approximate surface area is 715 Å². The van der Waals surface area contributed by atoms with Crippen LogP contribution in [0.2, 0.25) is 0 Å². The van der Waals surface area contributed by atoms with Gasteiger partial charge in [0, 0.05) is 80.1 Å². The van der Waals surface area contributed by atoms with Crippen molar-refractivity contribution < 1.29 is 82.3 Å². The normalized spacial score (nSPS) is 11.6. The highest BCUT2D eigenvalue weighted by atomic mass is 16.5. The van der Waals surface area contributed by atoms with Crippen molar-refractivity contribution in [2.24, 2.45) is 0 Å². The van der Waals surface area contributed by atoms with Crippen LogP contribution in [0, 0.1) is 0 Å². The monoisotopic (exact) mass is 1660 g/mol. The summed E-state index contributed by atoms with van der Waals surface area (Å²) in [6.07, 6.45) is 77.7. The molecule has 3 rings (SSSR count). The summed E-state index contributed by atoms with van der Waals surface area (Å²) in [6.45, 7) is 2.99. The van der Waals surface area contributed by atoms with E-state index in [1.54, 1.807) is 0 Å². The lowest BCUT2D eigenvalue weighted by atomic mass is 9.70. The van der Waals surface area contributed by atoms with Crippen LogP contribution in [0.25, 0.3) is 21.8 Å². The molecule has 0 saturated carbocycles. The van der Waals surface area contributed by atoms with Crippen LogP contribution < -0.4 is 4.57 Å². The number of nitrogens with one attached hydrogen (secondary N) is 1. The number of aromatic nitrogens is 2. The lowest BCUT2D eigenvalue weighted by molar-refractivity contribution is -0.707. The summed E-state index contributed by atoms with van der Waals surface area (Å²) in [6, 6.07) is 11.2. The third-order valence-electron chi connectivity index (χ3n) is 24.3. The zero-order valence-corrected chi connectivity index (χ0v) is 74.7. The molecule has 0 fully saturated rings. The van der Waals surface area contributed by atoms with Gasteiger partial charge in [0.1, 0.15) is 12.1 Å². The van der Waals surface area contributed by atoms with Crippen LogP contribution in [0.5, 0.6) is 0 Å². The average molecular weight is 1660 g/mol. The summed E-state index contributed by atoms with van der Waals surface area (Å²) in [7, 11) is 0. The Morgan fingerprint density at radius 1 is 0.254 bits per heavy atom. The number of hydrogen-bond donors (Lipinski definition) is 5. The SMILES string of the molecule is O=C(O)CCCCCCCCCCOC(=O)CCCCCCCCCCOC(=O)CCCCCCCCCC[n+]1ccc2c([nH]c3ccccc32)c1C(CCCCCCCCCCC(=O)O)(CCCCCCCCCCC(=O)OCCCCCCCCCCC(=O)O)CCCCCCCCCCC(=O)OCCCCCCCCCCC(=O)O. The highest BCUT2D eigenvalue weighted by Crippen LogP contribution is 2.43. The fourth-order valence-corrected chi connectivity index (χ4v) is 17.2. The minimum Gasteiger partial charge on any atom is -0.481 e. The summed E-state index contributed by atoms with van der Waals surface area (Å²) in [4.78, 5) is 97.4. The van der Waals surface area contributed by atoms with E-state index in [0.717, 1.165) is 321 Å². The van der Waals surface area contributed by atoms with Gasteiger partial charge in [-0.25, -0.2) is 4.57 Å². The number of para-hydroxylation sites is 1. The van der Waals surface area contributed by atoms with E-state index in [1.165, 1.54) is 143 Å². The first kappa shape index (κ1) is 106. The molecule has 0 unspecified atom stereocenters. The first-order chi connectivity index (χ1) is 57.7. The molecule has 3 aromatic rings. The van der Waals surface area contributed by atoms with Crippen molar-refractivity contribution in [1.82, 2.24) is 4.98 Å². The number of fused-ring (bicyclic) bond motifs is 3. The number of ether oxygens (including phenoxy) is 4. The predicted octanol–water partition coefficient (Wildman–Crippen LogP) is 27.6. The zero-order valence-electron chi connectivity index (χ0n) is 74.7. The van der Waals surface area contributed by atoms with Gasteiger partial charge in [-0.2, -0.15) is 0 Å². The Hall–Kier alpha value is -6.07. The van der Waals surface area contributed by atoms with Crippen molar-refractivity contribution in [2.45, 2.75) is 494 Å². The van der Waals surface area contributed by atoms with Crippen LogP contribution in [0.3, 0.4) is 0 Å². The number of pyridine rings is 1. The lowest BCUT2D eigenvalue weighted by Crippen LogP contribution is -2.46. The maximum Gasteiger partial charge on any atom is 0.305 e. The third-order valence-corrected chi connectivity index (χ3v) is 24.3. The maximum atomic E-state index is 12.7. The fraction of sp³-hybridized carbons (Fsp3) is 0.810. The second-order valence-electron chi connectivity index (χ2n) is 34.9. The van der Waals surface area contributed by atoms with Gasteiger partial charge in [-0.05, 0) is 109 Å². The smallest absolute Gasteiger partial charge is 0.305 e. The Balaban J connectivity index is 1.54. The number of rotatable bonds is 89. The standard InChI is InChI=1S/C100H170N2O16/c103-90(104)69-49-33-17-1-9-25-41-59-78-100(79-60-42-26-10-2-21-37-53-73-94(111)115-83-63-45-29-13-5-18-34-50-70-91(105)106,80-61-43-27-11-3-22-38-54-74-95(112)116-84-64-46-30-14-6-19-35-51-71-92(107)108)99-98-88(87-67-57-58-68-89(87)101-98)77-82-102(99)81-62-44-28-12-4-23-39-55-75-96(113)118-86-66-48-32-16-8-24-40-56-76-97(114)117-85-65-47-31-15-7-20-36-52-72-93(109)110/h57-58,67-68,77,82H,1-56,59-66,69-76,78-81,83-86H2,(H4,103,104,105,106,107,108,109,110)/p+1. The first-order valence-corrected chi connectivity index (χ1v) is 49.1. The number of unbranched alkanes of at least 4 members (excludes halogenated alkanes) is 56. The van der Waals surface area contributed by atoms with Gasteiger partial charge in [0.15, 0.2) is 6.20 Å². The van der Waals surface area contributed by atoms with Gasteiger partial charge in [-0.1, -0.05) is 339 Å². The number of H-pyrrole nitrogens is 1. The summed E-state index contributed by atoms with van der Waals surface area (Å²) in [5.41, 5.74) is 4.00. The molecule has 18 nitrogen and oxygen atoms in total. The van der Waals surface area contributed by atoms with Crippen LogP contribution in [-0.4, -0.2) is 99.6 Å². The second kappa shape index (κ2) is 75.9. The van der Waals surface area contributed by atoms with Gasteiger partial charge in [0.25, 0.3) is 0 Å². The molecule has 2 aromatic heterocycles. The molecule has 118 heavy (non-hydrogen) atoms. The number of benzene rings is 1. The maximum absolute atomic E-state index is 12.7. The Morgan fingerprint density at radius 3 is 0.737 bits per heavy atom. The van der Waals surface area contributed by atoms with E-state index >= 15 is 0 Å². The molecule has 5 N–H and O–H groups in total. The summed E-state index contributed by atoms with van der Waals surface area (Å²) < 4.78 is 25.0. The van der Waals surface area contributed by atoms with E-state index < -0.39 is 23.9 Å². The number of carbonyl (C=O) groups excluding carboxylic acids is 4. The predicted molar refractivity (Wildman–Crippen MR) is 478 cm³/mol. The molecular formula is C100H171N2O16+. The molecule has 0 saturated heterocycles. The topological polar surface area (TPSA) is 274 Å². The lowest BCUT2D eigenvalue weighted by Gasteiger charge is -2.33. The third kappa shape index (κ3) is 60.4. The number of hydrogen-bond acceptors (Lipinski definition) is 12. The molecule has 0 radical (unpaired) electrons. The molecule has 0 aliphatic heterocycles. The molecule has 0 atom stereocenters. The van der Waals surface area contributed by atoms with Gasteiger partial charge < -0.3 is 44.4 Å². The molecule has 0 aliphatic rings. The summed E-state index contributed by atoms with van der Waals surface area (Å²) in [5.74, 6) is -3.15. The van der Waals surface area contributed by atoms with Gasteiger partial charge in [0.05, 0.1) is 31.8 Å². The van der Waals surface area contributed by atoms with E-state index in [9.17, 15) is 43.5 Å². The summed E-state index contributed by atoms with van der Waals surface area (Å²) in [5, 5.41) is 38.3. The van der Waals surface area contributed by atoms with Crippen molar-refractivity contribution in [1.29, 1.82) is 0 Å². The van der Waals surface area contributed by atoms with Crippen LogP contribution in [0.4, 0.5) is 0 Å². The van der Waals surface area contributed by atoms with E-state index in [2.05, 4.69) is 46.1 Å². The van der Waals surface area contributed by atoms with Crippen LogP contribution in [0.1, 0.15) is 487 Å². The number of carbonyl (C=O) groups is 8. The minimum atomic E-state index is -0.714. The number of esters is 4. The number of aliphatic carboxylic acids is 4. The van der Waals surface area contributed by atoms with Crippen molar-refractivity contribution >= 4 is 69.6 Å². The largest absolute Gasteiger partial charge is 0.481 e. The van der Waals surface area contributed by atoms with Crippen molar-refractivity contribution in [3.8, 4) is 0 Å². The second-order valence-corrected chi connectivity index (χ2v) is 34.9. The molecule has 0 bridgehead atoms. The molecule has 18 heteroatoms. The number of carboxylic acids is 4. The number of nitrogens with zero attached hydrogens (tertiary/aromatic N) is 1. The molecule has 2 heterocycles. The van der Waals surface area contributed by atoms with Crippen LogP contribution in [0.15, 0.2) is 36.5 Å². The molecule has 0 spiro atoms. The number of carboxylic acid groups (broad SMARTS) is 4. The van der Waals surface area contributed by atoms with Crippen LogP contribution in [-0.2, 0) is 69.3 Å². The Morgan fingerprint density at radius 2 is 0.475 bits per heavy atom. The highest BCUT2D eigenvalue weighted by molar-refractivity contribution is 6.07. The molecule has 676 valence electrons. The van der Waals surface area contributed by atoms with Crippen molar-refractivity contribution in [3.63, 3.8) is 0 Å². The average Bonchev–Trinajstić information content (AvgIpc) is 1.56. The van der Waals surface area contributed by atoms with E-state index in [1.807, 2.05) is 0 Å². The van der Waals surface area contributed by atoms with E-state index in [0.29, 0.717) is 52.1 Å². The van der Waals surface area contributed by atoms with Gasteiger partial charge in [-0.15, -0.1) is 0 Å². The van der Waals surface area contributed by atoms with Crippen molar-refractivity contribution in [2.75, 3.05) is 26.4 Å². The Kier molecular flexibility index (Phi) is 68.2. The molecule has 1 aromatic carbocycles. The zero-order chi connectivity index (χ0) is 84.9. The Bertz CT molecular complexity index is 2930. The minimum absolute atomic E-state index is 0.0229. The molecule has 0 amide bonds. The molecule has 0 aliphatic carbocycles. The van der Waals surface area contributed by atoms with Gasteiger partial charge >= 0.3 is 47.8 Å². The molecular weight excluding hydrogens is 1490 g/mol. The van der Waals surface area contributed by atoms with E-state index in [4.69, 9.17) is 34.3 Å². The first-order valence-electron chi connectivity index (χ1n) is 49.1. The highest BCUT2D eigenvalue weighted by Gasteiger charge is 2.41. The van der Waals surface area contributed by atoms with Crippen LogP contribution >= 0.6 is 0 Å².